The molecule has 0 spiro atoms. The number of fused-ring (bicyclic) bond motifs is 1. The van der Waals surface area contributed by atoms with Gasteiger partial charge in [-0.3, -0.25) is 0 Å². The van der Waals surface area contributed by atoms with E-state index in [2.05, 4.69) is 27.0 Å². The monoisotopic (exact) mass is 278 g/mol. The van der Waals surface area contributed by atoms with E-state index in [0.29, 0.717) is 12.5 Å². The summed E-state index contributed by atoms with van der Waals surface area (Å²) in [7, 11) is 0. The fraction of sp³-hybridized carbons (Fsp3) is 0.176. The van der Waals surface area contributed by atoms with Crippen molar-refractivity contribution in [2.24, 2.45) is 5.73 Å². The Balaban J connectivity index is 2.01. The molecule has 2 N–H and O–H groups in total. The fourth-order valence-electron chi connectivity index (χ4n) is 2.29. The predicted octanol–water partition coefficient (Wildman–Crippen LogP) is 3.12. The van der Waals surface area contributed by atoms with Crippen LogP contribution in [0.2, 0.25) is 0 Å². The number of nitrogens with two attached hydrogens (primary N) is 1. The third-order valence-electron chi connectivity index (χ3n) is 3.37. The van der Waals surface area contributed by atoms with E-state index >= 15 is 0 Å². The van der Waals surface area contributed by atoms with Crippen molar-refractivity contribution in [2.75, 3.05) is 18.0 Å². The predicted molar refractivity (Wildman–Crippen MR) is 86.7 cm³/mol. The van der Waals surface area contributed by atoms with Crippen LogP contribution in [0.15, 0.2) is 60.8 Å². The molecule has 4 nitrogen and oxygen atoms in total. The normalized spacial score (nSPS) is 10.7. The highest BCUT2D eigenvalue weighted by Crippen LogP contribution is 2.23. The van der Waals surface area contributed by atoms with Gasteiger partial charge in [0.05, 0.1) is 5.52 Å². The highest BCUT2D eigenvalue weighted by molar-refractivity contribution is 5.79. The van der Waals surface area contributed by atoms with Gasteiger partial charge in [-0.25, -0.2) is 9.97 Å². The first-order valence-electron chi connectivity index (χ1n) is 7.13. The Labute approximate surface area is 124 Å². The van der Waals surface area contributed by atoms with Crippen molar-refractivity contribution in [3.05, 3.63) is 60.8 Å². The summed E-state index contributed by atoms with van der Waals surface area (Å²) in [5.41, 5.74) is 7.70. The van der Waals surface area contributed by atoms with Crippen molar-refractivity contribution >= 4 is 22.5 Å². The van der Waals surface area contributed by atoms with Crippen molar-refractivity contribution in [3.63, 3.8) is 0 Å². The number of anilines is 2. The van der Waals surface area contributed by atoms with Crippen LogP contribution in [-0.4, -0.2) is 23.1 Å². The van der Waals surface area contributed by atoms with Gasteiger partial charge in [-0.1, -0.05) is 36.4 Å². The number of rotatable bonds is 5. The summed E-state index contributed by atoms with van der Waals surface area (Å²) in [4.78, 5) is 11.3. The molecule has 106 valence electrons. The highest BCUT2D eigenvalue weighted by Gasteiger charge is 2.11. The van der Waals surface area contributed by atoms with Crippen molar-refractivity contribution in [1.82, 2.24) is 9.97 Å². The van der Waals surface area contributed by atoms with Gasteiger partial charge in [0.25, 0.3) is 0 Å². The number of benzene rings is 2. The van der Waals surface area contributed by atoms with Crippen LogP contribution in [0.4, 0.5) is 11.6 Å². The first-order chi connectivity index (χ1) is 10.4. The summed E-state index contributed by atoms with van der Waals surface area (Å²) in [5, 5.41) is 1.05. The topological polar surface area (TPSA) is 55.0 Å². The molecule has 1 aromatic heterocycles. The number of nitrogens with zero attached hydrogens (tertiary/aromatic N) is 3. The molecule has 4 heteroatoms. The maximum atomic E-state index is 5.66. The van der Waals surface area contributed by atoms with Crippen LogP contribution < -0.4 is 10.6 Å². The molecule has 0 bridgehead atoms. The SMILES string of the molecule is NCCCN(c1ccccc1)c1ncc2ccccc2n1. The Morgan fingerprint density at radius 3 is 2.52 bits per heavy atom. The second kappa shape index (κ2) is 6.33. The lowest BCUT2D eigenvalue weighted by Gasteiger charge is -2.22. The summed E-state index contributed by atoms with van der Waals surface area (Å²) in [5.74, 6) is 0.716. The van der Waals surface area contributed by atoms with Crippen LogP contribution in [0.25, 0.3) is 10.9 Å². The molecule has 2 aromatic carbocycles. The quantitative estimate of drug-likeness (QED) is 0.779. The molecule has 3 rings (SSSR count). The lowest BCUT2D eigenvalue weighted by Crippen LogP contribution is -2.22. The third-order valence-corrected chi connectivity index (χ3v) is 3.37. The maximum Gasteiger partial charge on any atom is 0.230 e. The third kappa shape index (κ3) is 3.01. The molecule has 0 aliphatic heterocycles. The number of hydrogen-bond acceptors (Lipinski definition) is 4. The first kappa shape index (κ1) is 13.5. The molecule has 21 heavy (non-hydrogen) atoms. The van der Waals surface area contributed by atoms with E-state index in [4.69, 9.17) is 5.73 Å². The van der Waals surface area contributed by atoms with Gasteiger partial charge in [-0.05, 0) is 31.2 Å². The fourth-order valence-corrected chi connectivity index (χ4v) is 2.29. The number of aromatic nitrogens is 2. The molecular formula is C17H18N4. The van der Waals surface area contributed by atoms with E-state index in [9.17, 15) is 0 Å². The molecule has 3 aromatic rings. The molecule has 0 fully saturated rings. The smallest absolute Gasteiger partial charge is 0.230 e. The molecule has 0 aliphatic carbocycles. The van der Waals surface area contributed by atoms with Crippen LogP contribution in [0, 0.1) is 0 Å². The first-order valence-corrected chi connectivity index (χ1v) is 7.13. The number of hydrogen-bond donors (Lipinski definition) is 1. The second-order valence-corrected chi connectivity index (χ2v) is 4.86. The zero-order valence-electron chi connectivity index (χ0n) is 11.8. The van der Waals surface area contributed by atoms with Gasteiger partial charge in [0.15, 0.2) is 0 Å². The van der Waals surface area contributed by atoms with Gasteiger partial charge >= 0.3 is 0 Å². The van der Waals surface area contributed by atoms with Crippen molar-refractivity contribution < 1.29 is 0 Å². The zero-order chi connectivity index (χ0) is 14.5. The molecule has 1 heterocycles. The molecule has 0 saturated carbocycles. The second-order valence-electron chi connectivity index (χ2n) is 4.86. The Kier molecular flexibility index (Phi) is 4.07. The minimum absolute atomic E-state index is 0.650. The highest BCUT2D eigenvalue weighted by atomic mass is 15.2. The van der Waals surface area contributed by atoms with E-state index in [-0.39, 0.29) is 0 Å². The van der Waals surface area contributed by atoms with Crippen LogP contribution in [-0.2, 0) is 0 Å². The largest absolute Gasteiger partial charge is 0.330 e. The van der Waals surface area contributed by atoms with Gasteiger partial charge in [0.2, 0.25) is 5.95 Å². The van der Waals surface area contributed by atoms with Crippen molar-refractivity contribution in [1.29, 1.82) is 0 Å². The molecule has 0 radical (unpaired) electrons. The van der Waals surface area contributed by atoms with E-state index in [1.54, 1.807) is 0 Å². The Morgan fingerprint density at radius 2 is 1.71 bits per heavy atom. The lowest BCUT2D eigenvalue weighted by atomic mass is 10.2. The Hall–Kier alpha value is -2.46. The van der Waals surface area contributed by atoms with Crippen molar-refractivity contribution in [2.45, 2.75) is 6.42 Å². The van der Waals surface area contributed by atoms with Crippen LogP contribution >= 0.6 is 0 Å². The van der Waals surface area contributed by atoms with Gasteiger partial charge in [0, 0.05) is 23.8 Å². The molecule has 0 saturated heterocycles. The van der Waals surface area contributed by atoms with E-state index < -0.39 is 0 Å². The standard InChI is InChI=1S/C17H18N4/c18-11-6-12-21(15-8-2-1-3-9-15)17-19-13-14-7-4-5-10-16(14)20-17/h1-5,7-10,13H,6,11-12,18H2. The Bertz CT molecular complexity index is 712. The van der Waals surface area contributed by atoms with E-state index in [0.717, 1.165) is 29.6 Å². The summed E-state index contributed by atoms with van der Waals surface area (Å²) < 4.78 is 0. The lowest BCUT2D eigenvalue weighted by molar-refractivity contribution is 0.801. The van der Waals surface area contributed by atoms with Crippen LogP contribution in [0.5, 0.6) is 0 Å². The summed E-state index contributed by atoms with van der Waals surface area (Å²) in [6, 6.07) is 18.2. The van der Waals surface area contributed by atoms with Gasteiger partial charge in [0.1, 0.15) is 0 Å². The molecule has 0 aliphatic rings. The van der Waals surface area contributed by atoms with Crippen molar-refractivity contribution in [3.8, 4) is 0 Å². The Morgan fingerprint density at radius 1 is 0.952 bits per heavy atom. The zero-order valence-corrected chi connectivity index (χ0v) is 11.8. The molecule has 0 atom stereocenters. The van der Waals surface area contributed by atoms with Gasteiger partial charge in [-0.15, -0.1) is 0 Å². The minimum Gasteiger partial charge on any atom is -0.330 e. The molecule has 0 amide bonds. The average Bonchev–Trinajstić information content (AvgIpc) is 2.56. The van der Waals surface area contributed by atoms with E-state index in [1.165, 1.54) is 0 Å². The average molecular weight is 278 g/mol. The minimum atomic E-state index is 0.650. The summed E-state index contributed by atoms with van der Waals surface area (Å²) >= 11 is 0. The summed E-state index contributed by atoms with van der Waals surface area (Å²) in [6.45, 7) is 1.45. The van der Waals surface area contributed by atoms with Gasteiger partial charge in [-0.2, -0.15) is 0 Å². The maximum absolute atomic E-state index is 5.66. The van der Waals surface area contributed by atoms with E-state index in [1.807, 2.05) is 48.7 Å². The van der Waals surface area contributed by atoms with Crippen LogP contribution in [0.1, 0.15) is 6.42 Å². The number of para-hydroxylation sites is 2. The van der Waals surface area contributed by atoms with Gasteiger partial charge < -0.3 is 10.6 Å². The summed E-state index contributed by atoms with van der Waals surface area (Å²) in [6.07, 6.45) is 2.77. The van der Waals surface area contributed by atoms with Crippen LogP contribution in [0.3, 0.4) is 0 Å². The molecular weight excluding hydrogens is 260 g/mol. The molecule has 0 unspecified atom stereocenters.